The first-order valence-electron chi connectivity index (χ1n) is 27.0. The first-order valence-corrected chi connectivity index (χ1v) is 33.2. The molecule has 0 radical (unpaired) electrons. The predicted octanol–water partition coefficient (Wildman–Crippen LogP) is 9.55. The van der Waals surface area contributed by atoms with Gasteiger partial charge < -0.3 is 52.8 Å². The average Bonchev–Trinajstić information content (AvgIpc) is 3.91. The van der Waals surface area contributed by atoms with Gasteiger partial charge in [0.25, 0.3) is 30.4 Å². The van der Waals surface area contributed by atoms with Crippen LogP contribution in [0.15, 0.2) is 94.4 Å². The number of nitrogens with one attached hydrogen (secondary N) is 1. The van der Waals surface area contributed by atoms with Crippen molar-refractivity contribution in [3.8, 4) is 0 Å². The van der Waals surface area contributed by atoms with E-state index < -0.39 is 63.4 Å². The Kier molecular flexibility index (Phi) is 27.8. The van der Waals surface area contributed by atoms with E-state index in [1.807, 2.05) is 68.5 Å². The van der Waals surface area contributed by atoms with Crippen LogP contribution in [0.3, 0.4) is 0 Å². The molecule has 3 aromatic rings. The summed E-state index contributed by atoms with van der Waals surface area (Å²) in [5.74, 6) is -1.41. The van der Waals surface area contributed by atoms with Crippen molar-refractivity contribution < 1.29 is 86.3 Å². The summed E-state index contributed by atoms with van der Waals surface area (Å²) in [6.45, 7) is 8.33. The lowest BCUT2D eigenvalue weighted by Gasteiger charge is -2.38. The van der Waals surface area contributed by atoms with E-state index in [1.165, 1.54) is 12.1 Å². The summed E-state index contributed by atoms with van der Waals surface area (Å²) in [5, 5.41) is 11.9. The number of fused-ring (bicyclic) bond motifs is 4. The number of allylic oxidation sites excluding steroid dienone is 8. The SMILES string of the molecule is COCCOCCNc1ccc2c(c1C(C)(C/C=C/C=C/C=C/C=C1/N(CCCCCC(=O)O)c3ccc4c(SO)cc(S(=O)(=O)O)cc4c3C1(C)CCOCCOCCOCCOC)CCCS(=O)(=O)O)CC(S(=O)(=O)O)CC2SO. The summed E-state index contributed by atoms with van der Waals surface area (Å²) in [7, 11) is -10.5. The van der Waals surface area contributed by atoms with Gasteiger partial charge in [0.2, 0.25) is 0 Å². The second kappa shape index (κ2) is 33.1. The summed E-state index contributed by atoms with van der Waals surface area (Å²) >= 11 is 0.857. The number of anilines is 2. The number of carbonyl (C=O) groups is 1. The Hall–Kier alpha value is -3.94. The second-order valence-electron chi connectivity index (χ2n) is 20.5. The van der Waals surface area contributed by atoms with E-state index in [0.29, 0.717) is 155 Å². The number of methoxy groups -OCH3 is 2. The van der Waals surface area contributed by atoms with Crippen molar-refractivity contribution in [3.63, 3.8) is 0 Å². The van der Waals surface area contributed by atoms with Crippen molar-refractivity contribution in [2.75, 3.05) is 109 Å². The molecule has 0 saturated heterocycles. The van der Waals surface area contributed by atoms with E-state index in [2.05, 4.69) is 10.2 Å². The van der Waals surface area contributed by atoms with Gasteiger partial charge in [0, 0.05) is 79.8 Å². The molecule has 0 spiro atoms. The molecule has 21 nitrogen and oxygen atoms in total. The topological polar surface area (TPSA) is 312 Å². The minimum atomic E-state index is -4.71. The molecule has 3 aromatic carbocycles. The van der Waals surface area contributed by atoms with Gasteiger partial charge >= 0.3 is 5.97 Å². The van der Waals surface area contributed by atoms with Crippen LogP contribution in [0.5, 0.6) is 0 Å². The number of hydrogen-bond acceptors (Lipinski definition) is 19. The summed E-state index contributed by atoms with van der Waals surface area (Å²) in [4.78, 5) is 13.4. The van der Waals surface area contributed by atoms with Gasteiger partial charge in [-0.05, 0) is 139 Å². The number of benzene rings is 3. The normalized spacial score (nSPS) is 19.0. The van der Waals surface area contributed by atoms with Crippen LogP contribution in [0, 0.1) is 0 Å². The number of unbranched alkanes of at least 4 members (excludes halogenated alkanes) is 2. The molecule has 26 heteroatoms. The lowest BCUT2D eigenvalue weighted by Crippen LogP contribution is -2.34. The number of carboxylic acids is 1. The number of aliphatic carboxylic acids is 1. The second-order valence-corrected chi connectivity index (χ2v) is 26.6. The van der Waals surface area contributed by atoms with Crippen molar-refractivity contribution in [1.29, 1.82) is 0 Å². The van der Waals surface area contributed by atoms with E-state index in [1.54, 1.807) is 26.4 Å². The fourth-order valence-corrected chi connectivity index (χ4v) is 13.8. The smallest absolute Gasteiger partial charge is 0.303 e. The monoisotopic (exact) mass is 1240 g/mol. The van der Waals surface area contributed by atoms with Crippen LogP contribution in [0.4, 0.5) is 11.4 Å². The molecule has 458 valence electrons. The predicted molar refractivity (Wildman–Crippen MR) is 319 cm³/mol. The maximum atomic E-state index is 12.7. The van der Waals surface area contributed by atoms with Crippen LogP contribution in [-0.4, -0.2) is 163 Å². The minimum absolute atomic E-state index is 0.0143. The van der Waals surface area contributed by atoms with Gasteiger partial charge in [0.1, 0.15) is 0 Å². The molecule has 0 fully saturated rings. The average molecular weight is 1250 g/mol. The van der Waals surface area contributed by atoms with E-state index in [-0.39, 0.29) is 55.1 Å². The first kappa shape index (κ1) is 68.8. The number of hydrogen-bond donors (Lipinski definition) is 7. The molecule has 1 heterocycles. The molecule has 82 heavy (non-hydrogen) atoms. The molecule has 0 saturated carbocycles. The van der Waals surface area contributed by atoms with E-state index >= 15 is 0 Å². The van der Waals surface area contributed by atoms with Gasteiger partial charge in [-0.25, -0.2) is 0 Å². The maximum absolute atomic E-state index is 12.7. The van der Waals surface area contributed by atoms with Crippen LogP contribution >= 0.6 is 24.1 Å². The maximum Gasteiger partial charge on any atom is 0.303 e. The molecule has 0 amide bonds. The third-order valence-corrected chi connectivity index (χ3v) is 18.7. The van der Waals surface area contributed by atoms with Crippen molar-refractivity contribution in [2.24, 2.45) is 0 Å². The third kappa shape index (κ3) is 20.1. The summed E-state index contributed by atoms with van der Waals surface area (Å²) in [5.41, 5.74) is 3.17. The molecule has 1 aliphatic carbocycles. The fourth-order valence-electron chi connectivity index (χ4n) is 10.6. The van der Waals surface area contributed by atoms with Crippen LogP contribution in [-0.2, 0) is 80.8 Å². The van der Waals surface area contributed by atoms with Gasteiger partial charge in [0.05, 0.1) is 80.6 Å². The molecule has 4 atom stereocenters. The van der Waals surface area contributed by atoms with Crippen molar-refractivity contribution in [3.05, 3.63) is 107 Å². The van der Waals surface area contributed by atoms with Gasteiger partial charge in [-0.1, -0.05) is 61.9 Å². The number of carboxylic acid groups (broad SMARTS) is 1. The van der Waals surface area contributed by atoms with Gasteiger partial charge in [-0.3, -0.25) is 18.5 Å². The zero-order chi connectivity index (χ0) is 60.0. The largest absolute Gasteiger partial charge is 0.481 e. The highest BCUT2D eigenvalue weighted by Gasteiger charge is 2.45. The Morgan fingerprint density at radius 2 is 1.44 bits per heavy atom. The minimum Gasteiger partial charge on any atom is -0.481 e. The van der Waals surface area contributed by atoms with Crippen molar-refractivity contribution in [2.45, 2.75) is 109 Å². The standard InChI is InChI=1S/C56H80N2O19S5/c1-55(22-14-36-80(63,64)65,53-45-37-41(81(66,67)68)39-49(78-61)43(45)17-19-47(53)57-24-27-75-30-28-72-3)21-12-8-6-5-7-10-15-51-56(2,23-26-74-32-33-77-35-34-76-31-29-73-4)54-46-38-42(82(69,70)71)40-50(79-62)44(46)18-20-48(54)58(51)25-13-9-11-16-52(59)60/h5-8,10,12,15,17-20,38,40-41,49,57,61-62H,9,11,13-14,16,21-37,39H2,1-4H3,(H,59,60)(H,63,64,65)(H,66,67,68)(H,69,70,71)/b6-5+,10-7+,12-8+,51-15+. The number of rotatable bonds is 39. The molecule has 7 N–H and O–H groups in total. The van der Waals surface area contributed by atoms with Crippen molar-refractivity contribution in [1.82, 2.24) is 0 Å². The van der Waals surface area contributed by atoms with Crippen LogP contribution < -0.4 is 10.2 Å². The first-order chi connectivity index (χ1) is 39.0. The molecule has 4 unspecified atom stereocenters. The molecular formula is C56H80N2O19S5. The zero-order valence-corrected chi connectivity index (χ0v) is 51.0. The molecule has 1 aliphatic heterocycles. The number of nitrogens with zero attached hydrogens (tertiary/aromatic N) is 1. The Morgan fingerprint density at radius 3 is 2.06 bits per heavy atom. The Labute approximate surface area is 491 Å². The van der Waals surface area contributed by atoms with Crippen LogP contribution in [0.2, 0.25) is 0 Å². The van der Waals surface area contributed by atoms with Gasteiger partial charge in [0.15, 0.2) is 0 Å². The summed E-state index contributed by atoms with van der Waals surface area (Å²) < 4.78 is 159. The fraction of sp³-hybridized carbons (Fsp3) is 0.554. The van der Waals surface area contributed by atoms with E-state index in [4.69, 9.17) is 28.4 Å². The van der Waals surface area contributed by atoms with Gasteiger partial charge in [-0.2, -0.15) is 25.3 Å². The molecular weight excluding hydrogens is 1160 g/mol. The zero-order valence-electron chi connectivity index (χ0n) is 46.9. The molecule has 5 rings (SSSR count). The summed E-state index contributed by atoms with van der Waals surface area (Å²) in [6, 6.07) is 10.0. The van der Waals surface area contributed by atoms with Crippen molar-refractivity contribution >= 4 is 82.6 Å². The van der Waals surface area contributed by atoms with E-state index in [9.17, 15) is 57.9 Å². The lowest BCUT2D eigenvalue weighted by molar-refractivity contribution is -0.137. The third-order valence-electron chi connectivity index (χ3n) is 14.6. The van der Waals surface area contributed by atoms with E-state index in [0.717, 1.165) is 16.9 Å². The highest BCUT2D eigenvalue weighted by Crippen LogP contribution is 2.54. The highest BCUT2D eigenvalue weighted by atomic mass is 32.2. The molecule has 0 bridgehead atoms. The number of ether oxygens (including phenoxy) is 6. The molecule has 2 aliphatic rings. The van der Waals surface area contributed by atoms with Crippen LogP contribution in [0.25, 0.3) is 10.8 Å². The lowest BCUT2D eigenvalue weighted by atomic mass is 9.70. The van der Waals surface area contributed by atoms with Gasteiger partial charge in [-0.15, -0.1) is 0 Å². The Morgan fingerprint density at radius 1 is 0.793 bits per heavy atom. The Balaban J connectivity index is 1.52. The quantitative estimate of drug-likeness (QED) is 0.0121. The van der Waals surface area contributed by atoms with Crippen LogP contribution in [0.1, 0.15) is 99.1 Å². The Bertz CT molecular complexity index is 3040. The molecule has 0 aromatic heterocycles. The summed E-state index contributed by atoms with van der Waals surface area (Å²) in [6.07, 6.45) is 15.6. The highest BCUT2D eigenvalue weighted by molar-refractivity contribution is 7.94.